The zero-order valence-corrected chi connectivity index (χ0v) is 9.87. The Kier molecular flexibility index (Phi) is 3.73. The number of nitrogens with zero attached hydrogens (tertiary/aromatic N) is 1. The van der Waals surface area contributed by atoms with Crippen LogP contribution in [0.2, 0.25) is 0 Å². The molecule has 0 unspecified atom stereocenters. The van der Waals surface area contributed by atoms with Crippen molar-refractivity contribution in [3.63, 3.8) is 0 Å². The van der Waals surface area contributed by atoms with Crippen LogP contribution in [-0.2, 0) is 0 Å². The number of halogens is 4. The van der Waals surface area contributed by atoms with Crippen molar-refractivity contribution in [2.75, 3.05) is 6.54 Å². The monoisotopic (exact) mass is 288 g/mol. The van der Waals surface area contributed by atoms with E-state index in [4.69, 9.17) is 0 Å². The molecule has 0 atom stereocenters. The van der Waals surface area contributed by atoms with Crippen molar-refractivity contribution in [1.82, 2.24) is 10.5 Å². The predicted octanol–water partition coefficient (Wildman–Crippen LogP) is 2.77. The third-order valence-electron chi connectivity index (χ3n) is 2.30. The first-order valence-corrected chi connectivity index (χ1v) is 5.43. The van der Waals surface area contributed by atoms with Gasteiger partial charge in [0.15, 0.2) is 0 Å². The minimum absolute atomic E-state index is 0.154. The number of rotatable bonds is 3. The summed E-state index contributed by atoms with van der Waals surface area (Å²) in [6.45, 7) is -1.47. The summed E-state index contributed by atoms with van der Waals surface area (Å²) < 4.78 is 53.5. The van der Waals surface area contributed by atoms with Crippen molar-refractivity contribution in [3.05, 3.63) is 41.9 Å². The third-order valence-corrected chi connectivity index (χ3v) is 2.30. The van der Waals surface area contributed by atoms with Crippen LogP contribution in [-0.4, -0.2) is 23.8 Å². The van der Waals surface area contributed by atoms with Crippen LogP contribution in [0.5, 0.6) is 0 Å². The molecular weight excluding hydrogens is 280 g/mol. The molecule has 1 N–H and O–H groups in total. The Morgan fingerprint density at radius 3 is 2.70 bits per heavy atom. The SMILES string of the molecule is O=C(NCC(F)(F)F)c1cc(-c2cccc(F)c2)no1. The van der Waals surface area contributed by atoms with Crippen LogP contribution >= 0.6 is 0 Å². The number of benzene rings is 1. The Morgan fingerprint density at radius 2 is 2.05 bits per heavy atom. The largest absolute Gasteiger partial charge is 0.405 e. The molecule has 1 heterocycles. The highest BCUT2D eigenvalue weighted by molar-refractivity contribution is 5.92. The second-order valence-corrected chi connectivity index (χ2v) is 3.88. The first-order valence-electron chi connectivity index (χ1n) is 5.43. The molecule has 0 fully saturated rings. The van der Waals surface area contributed by atoms with Gasteiger partial charge in [-0.25, -0.2) is 4.39 Å². The van der Waals surface area contributed by atoms with Gasteiger partial charge in [-0.2, -0.15) is 13.2 Å². The second kappa shape index (κ2) is 5.32. The fourth-order valence-electron chi connectivity index (χ4n) is 1.43. The van der Waals surface area contributed by atoms with Crippen molar-refractivity contribution in [1.29, 1.82) is 0 Å². The summed E-state index contributed by atoms with van der Waals surface area (Å²) in [5.74, 6) is -1.93. The van der Waals surface area contributed by atoms with E-state index in [1.54, 1.807) is 5.32 Å². The first kappa shape index (κ1) is 14.0. The molecule has 0 aliphatic rings. The van der Waals surface area contributed by atoms with E-state index in [1.165, 1.54) is 18.2 Å². The minimum Gasteiger partial charge on any atom is -0.350 e. The summed E-state index contributed by atoms with van der Waals surface area (Å²) in [6, 6.07) is 6.48. The van der Waals surface area contributed by atoms with Gasteiger partial charge < -0.3 is 9.84 Å². The molecule has 1 aromatic carbocycles. The van der Waals surface area contributed by atoms with Crippen LogP contribution < -0.4 is 5.32 Å². The molecule has 106 valence electrons. The summed E-state index contributed by atoms with van der Waals surface area (Å²) in [7, 11) is 0. The lowest BCUT2D eigenvalue weighted by Crippen LogP contribution is -2.33. The van der Waals surface area contributed by atoms with Gasteiger partial charge in [-0.15, -0.1) is 0 Å². The summed E-state index contributed by atoms with van der Waals surface area (Å²) in [5, 5.41) is 5.15. The van der Waals surface area contributed by atoms with Gasteiger partial charge in [0.05, 0.1) is 0 Å². The molecule has 0 spiro atoms. The van der Waals surface area contributed by atoms with E-state index >= 15 is 0 Å². The van der Waals surface area contributed by atoms with Crippen molar-refractivity contribution in [3.8, 4) is 11.3 Å². The summed E-state index contributed by atoms with van der Waals surface area (Å²) >= 11 is 0. The maximum Gasteiger partial charge on any atom is 0.405 e. The minimum atomic E-state index is -4.51. The number of aromatic nitrogens is 1. The fourth-order valence-corrected chi connectivity index (χ4v) is 1.43. The van der Waals surface area contributed by atoms with E-state index < -0.39 is 24.4 Å². The number of amides is 1. The summed E-state index contributed by atoms with van der Waals surface area (Å²) in [4.78, 5) is 11.4. The van der Waals surface area contributed by atoms with E-state index in [0.29, 0.717) is 5.56 Å². The van der Waals surface area contributed by atoms with E-state index in [1.807, 2.05) is 0 Å². The van der Waals surface area contributed by atoms with E-state index in [9.17, 15) is 22.4 Å². The summed E-state index contributed by atoms with van der Waals surface area (Å²) in [5.41, 5.74) is 0.505. The molecule has 2 aromatic rings. The van der Waals surface area contributed by atoms with Crippen LogP contribution in [0.15, 0.2) is 34.9 Å². The fraction of sp³-hybridized carbons (Fsp3) is 0.167. The van der Waals surface area contributed by atoms with E-state index in [2.05, 4.69) is 9.68 Å². The highest BCUT2D eigenvalue weighted by atomic mass is 19.4. The van der Waals surface area contributed by atoms with Gasteiger partial charge in [-0.3, -0.25) is 4.79 Å². The molecule has 0 aliphatic heterocycles. The van der Waals surface area contributed by atoms with Crippen LogP contribution in [0.1, 0.15) is 10.6 Å². The maximum atomic E-state index is 13.0. The molecular formula is C12H8F4N2O2. The molecule has 0 radical (unpaired) electrons. The average molecular weight is 288 g/mol. The molecule has 0 saturated heterocycles. The normalized spacial score (nSPS) is 11.4. The molecule has 4 nitrogen and oxygen atoms in total. The number of carbonyl (C=O) groups is 1. The maximum absolute atomic E-state index is 13.0. The number of carbonyl (C=O) groups excluding carboxylic acids is 1. The zero-order valence-electron chi connectivity index (χ0n) is 9.87. The van der Waals surface area contributed by atoms with Crippen LogP contribution in [0, 0.1) is 5.82 Å². The molecule has 0 bridgehead atoms. The second-order valence-electron chi connectivity index (χ2n) is 3.88. The number of hydrogen-bond acceptors (Lipinski definition) is 3. The van der Waals surface area contributed by atoms with Crippen LogP contribution in [0.4, 0.5) is 17.6 Å². The number of nitrogens with one attached hydrogen (secondary N) is 1. The Labute approximate surface area is 110 Å². The van der Waals surface area contributed by atoms with Crippen molar-refractivity contribution >= 4 is 5.91 Å². The lowest BCUT2D eigenvalue weighted by atomic mass is 10.1. The summed E-state index contributed by atoms with van der Waals surface area (Å²) in [6.07, 6.45) is -4.51. The molecule has 2 rings (SSSR count). The number of hydrogen-bond donors (Lipinski definition) is 1. The smallest absolute Gasteiger partial charge is 0.350 e. The van der Waals surface area contributed by atoms with Gasteiger partial charge in [0, 0.05) is 11.6 Å². The lowest BCUT2D eigenvalue weighted by molar-refractivity contribution is -0.123. The van der Waals surface area contributed by atoms with Gasteiger partial charge in [0.25, 0.3) is 5.91 Å². The number of alkyl halides is 3. The Balaban J connectivity index is 2.11. The van der Waals surface area contributed by atoms with Gasteiger partial charge in [0.1, 0.15) is 18.1 Å². The molecule has 0 aliphatic carbocycles. The zero-order chi connectivity index (χ0) is 14.8. The molecule has 1 aromatic heterocycles. The van der Waals surface area contributed by atoms with Crippen molar-refractivity contribution < 1.29 is 26.9 Å². The average Bonchev–Trinajstić information content (AvgIpc) is 2.84. The molecule has 0 saturated carbocycles. The topological polar surface area (TPSA) is 55.1 Å². The van der Waals surface area contributed by atoms with Crippen LogP contribution in [0.3, 0.4) is 0 Å². The Bertz CT molecular complexity index is 622. The molecule has 8 heteroatoms. The standard InChI is InChI=1S/C12H8F4N2O2/c13-8-3-1-2-7(4-8)9-5-10(20-18-9)11(19)17-6-12(14,15)16/h1-5H,6H2,(H,17,19). The van der Waals surface area contributed by atoms with E-state index in [-0.39, 0.29) is 11.5 Å². The Morgan fingerprint density at radius 1 is 1.30 bits per heavy atom. The molecule has 1 amide bonds. The quantitative estimate of drug-likeness (QED) is 0.884. The van der Waals surface area contributed by atoms with Gasteiger partial charge in [-0.1, -0.05) is 17.3 Å². The third kappa shape index (κ3) is 3.56. The van der Waals surface area contributed by atoms with Crippen molar-refractivity contribution in [2.45, 2.75) is 6.18 Å². The predicted molar refractivity (Wildman–Crippen MR) is 60.3 cm³/mol. The van der Waals surface area contributed by atoms with Gasteiger partial charge in [0.2, 0.25) is 5.76 Å². The first-order chi connectivity index (χ1) is 9.35. The van der Waals surface area contributed by atoms with Gasteiger partial charge in [-0.05, 0) is 12.1 Å². The Hall–Kier alpha value is -2.38. The van der Waals surface area contributed by atoms with Crippen LogP contribution in [0.25, 0.3) is 11.3 Å². The van der Waals surface area contributed by atoms with E-state index in [0.717, 1.165) is 12.1 Å². The highest BCUT2D eigenvalue weighted by Crippen LogP contribution is 2.20. The lowest BCUT2D eigenvalue weighted by Gasteiger charge is -2.05. The van der Waals surface area contributed by atoms with Gasteiger partial charge >= 0.3 is 6.18 Å². The van der Waals surface area contributed by atoms with Crippen molar-refractivity contribution in [2.24, 2.45) is 0 Å². The highest BCUT2D eigenvalue weighted by Gasteiger charge is 2.28. The molecule has 20 heavy (non-hydrogen) atoms.